The average Bonchev–Trinajstić information content (AvgIpc) is 3.04. The van der Waals surface area contributed by atoms with E-state index in [1.54, 1.807) is 35.1 Å². The number of rotatable bonds is 4. The second kappa shape index (κ2) is 8.52. The summed E-state index contributed by atoms with van der Waals surface area (Å²) in [6.07, 6.45) is 2.11. The van der Waals surface area contributed by atoms with E-state index in [4.69, 9.17) is 11.6 Å². The lowest BCUT2D eigenvalue weighted by Crippen LogP contribution is -2.45. The highest BCUT2D eigenvalue weighted by Crippen LogP contribution is 2.36. The molecule has 0 unspecified atom stereocenters. The maximum absolute atomic E-state index is 13.0. The first-order valence-corrected chi connectivity index (χ1v) is 10.3. The fourth-order valence-corrected chi connectivity index (χ4v) is 3.97. The number of nitrogens with one attached hydrogen (secondary N) is 1. The maximum atomic E-state index is 13.0. The fraction of sp³-hybridized carbons (Fsp3) is 0.333. The van der Waals surface area contributed by atoms with Gasteiger partial charge in [0.05, 0.1) is 34.3 Å². The van der Waals surface area contributed by atoms with Crippen LogP contribution in [0.2, 0.25) is 5.02 Å². The summed E-state index contributed by atoms with van der Waals surface area (Å²) in [5.74, 6) is 0. The number of urea groups is 1. The molecule has 3 aromatic rings. The number of aromatic nitrogens is 3. The third kappa shape index (κ3) is 4.06. The molecule has 4 rings (SSSR count). The number of halogens is 1. The van der Waals surface area contributed by atoms with Crippen LogP contribution in [0.4, 0.5) is 21.9 Å². The van der Waals surface area contributed by atoms with Gasteiger partial charge in [0.2, 0.25) is 6.41 Å². The van der Waals surface area contributed by atoms with Crippen LogP contribution in [-0.4, -0.2) is 65.3 Å². The number of piperazine rings is 1. The summed E-state index contributed by atoms with van der Waals surface area (Å²) in [5, 5.41) is 8.81. The molecular weight excluding hydrogens is 418 g/mol. The summed E-state index contributed by atoms with van der Waals surface area (Å²) in [6.45, 7) is 5.35. The lowest BCUT2D eigenvalue weighted by Gasteiger charge is -2.35. The van der Waals surface area contributed by atoms with Gasteiger partial charge in [-0.3, -0.25) is 9.48 Å². The molecular formula is C21H24ClN7O2. The highest BCUT2D eigenvalue weighted by Gasteiger charge is 2.25. The van der Waals surface area contributed by atoms with Crippen molar-refractivity contribution in [3.8, 4) is 0 Å². The van der Waals surface area contributed by atoms with Crippen molar-refractivity contribution in [3.63, 3.8) is 0 Å². The van der Waals surface area contributed by atoms with E-state index in [1.807, 2.05) is 14.0 Å². The van der Waals surface area contributed by atoms with Gasteiger partial charge in [0.15, 0.2) is 5.65 Å². The van der Waals surface area contributed by atoms with Crippen LogP contribution in [0.25, 0.3) is 11.0 Å². The Morgan fingerprint density at radius 3 is 2.48 bits per heavy atom. The van der Waals surface area contributed by atoms with Gasteiger partial charge in [-0.2, -0.15) is 5.10 Å². The Morgan fingerprint density at radius 1 is 1.16 bits per heavy atom. The number of aryl methyl sites for hydroxylation is 2. The van der Waals surface area contributed by atoms with Gasteiger partial charge in [-0.15, -0.1) is 0 Å². The first kappa shape index (κ1) is 21.1. The first-order valence-electron chi connectivity index (χ1n) is 9.96. The van der Waals surface area contributed by atoms with Gasteiger partial charge in [0.25, 0.3) is 0 Å². The summed E-state index contributed by atoms with van der Waals surface area (Å²) >= 11 is 5.93. The normalized spacial score (nSPS) is 14.6. The van der Waals surface area contributed by atoms with Gasteiger partial charge in [-0.25, -0.2) is 14.7 Å². The van der Waals surface area contributed by atoms with Crippen LogP contribution in [0.5, 0.6) is 0 Å². The first-order chi connectivity index (χ1) is 14.9. The molecule has 1 aromatic carbocycles. The highest BCUT2D eigenvalue weighted by atomic mass is 35.5. The Balaban J connectivity index is 1.73. The summed E-state index contributed by atoms with van der Waals surface area (Å²) in [5.41, 5.74) is 3.41. The zero-order valence-electron chi connectivity index (χ0n) is 17.7. The molecule has 0 atom stereocenters. The molecule has 3 heterocycles. The summed E-state index contributed by atoms with van der Waals surface area (Å²) < 4.78 is 1.74. The Labute approximate surface area is 185 Å². The van der Waals surface area contributed by atoms with Crippen molar-refractivity contribution in [2.75, 3.05) is 48.3 Å². The molecule has 10 heteroatoms. The maximum Gasteiger partial charge on any atom is 0.333 e. The Morgan fingerprint density at radius 2 is 1.84 bits per heavy atom. The summed E-state index contributed by atoms with van der Waals surface area (Å²) in [6, 6.07) is 5.91. The van der Waals surface area contributed by atoms with Crippen LogP contribution in [0.3, 0.4) is 0 Å². The largest absolute Gasteiger partial charge is 0.367 e. The topological polar surface area (TPSA) is 86.6 Å². The van der Waals surface area contributed by atoms with E-state index in [0.29, 0.717) is 22.8 Å². The van der Waals surface area contributed by atoms with Crippen molar-refractivity contribution in [2.45, 2.75) is 6.92 Å². The van der Waals surface area contributed by atoms with Crippen molar-refractivity contribution in [1.29, 1.82) is 0 Å². The molecule has 0 bridgehead atoms. The predicted molar refractivity (Wildman–Crippen MR) is 122 cm³/mol. The molecule has 0 spiro atoms. The molecule has 0 aliphatic carbocycles. The van der Waals surface area contributed by atoms with Gasteiger partial charge in [0.1, 0.15) is 0 Å². The number of anilines is 3. The minimum Gasteiger partial charge on any atom is -0.367 e. The summed E-state index contributed by atoms with van der Waals surface area (Å²) in [4.78, 5) is 34.7. The molecule has 0 radical (unpaired) electrons. The number of benzene rings is 1. The van der Waals surface area contributed by atoms with Crippen LogP contribution >= 0.6 is 11.6 Å². The van der Waals surface area contributed by atoms with E-state index < -0.39 is 6.03 Å². The minimum absolute atomic E-state index is 0.421. The monoisotopic (exact) mass is 441 g/mol. The van der Waals surface area contributed by atoms with Crippen molar-refractivity contribution in [2.24, 2.45) is 7.05 Å². The molecule has 31 heavy (non-hydrogen) atoms. The van der Waals surface area contributed by atoms with Crippen LogP contribution in [0.15, 0.2) is 30.5 Å². The minimum atomic E-state index is -0.574. The SMILES string of the molecule is Cc1nn(C)c2ncc(NC(=O)N(C=O)c3ccc(Cl)cc3)c(N3CCN(C)CC3)c12. The molecule has 9 nitrogen and oxygen atoms in total. The van der Waals surface area contributed by atoms with Gasteiger partial charge < -0.3 is 15.1 Å². The van der Waals surface area contributed by atoms with Crippen molar-refractivity contribution >= 4 is 52.1 Å². The smallest absolute Gasteiger partial charge is 0.333 e. The number of hydrogen-bond donors (Lipinski definition) is 1. The van der Waals surface area contributed by atoms with Crippen LogP contribution in [0, 0.1) is 6.92 Å². The van der Waals surface area contributed by atoms with Crippen molar-refractivity contribution < 1.29 is 9.59 Å². The Bertz CT molecular complexity index is 1120. The fourth-order valence-electron chi connectivity index (χ4n) is 3.85. The second-order valence-corrected chi connectivity index (χ2v) is 8.04. The van der Waals surface area contributed by atoms with Crippen LogP contribution in [0.1, 0.15) is 5.69 Å². The van der Waals surface area contributed by atoms with Crippen molar-refractivity contribution in [1.82, 2.24) is 19.7 Å². The number of likely N-dealkylation sites (N-methyl/N-ethyl adjacent to an activating group) is 1. The molecule has 1 fully saturated rings. The van der Waals surface area contributed by atoms with Gasteiger partial charge in [-0.05, 0) is 38.2 Å². The second-order valence-electron chi connectivity index (χ2n) is 7.60. The lowest BCUT2D eigenvalue weighted by molar-refractivity contribution is -0.106. The van der Waals surface area contributed by atoms with Crippen LogP contribution in [-0.2, 0) is 11.8 Å². The van der Waals surface area contributed by atoms with E-state index in [0.717, 1.165) is 53.5 Å². The zero-order chi connectivity index (χ0) is 22.1. The lowest BCUT2D eigenvalue weighted by atomic mass is 10.1. The van der Waals surface area contributed by atoms with Crippen molar-refractivity contribution in [3.05, 3.63) is 41.2 Å². The van der Waals surface area contributed by atoms with Gasteiger partial charge >= 0.3 is 6.03 Å². The number of pyridine rings is 1. The summed E-state index contributed by atoms with van der Waals surface area (Å²) in [7, 11) is 3.94. The van der Waals surface area contributed by atoms with E-state index in [2.05, 4.69) is 32.2 Å². The van der Waals surface area contributed by atoms with E-state index in [1.165, 1.54) is 0 Å². The average molecular weight is 442 g/mol. The highest BCUT2D eigenvalue weighted by molar-refractivity contribution is 6.30. The standard InChI is InChI=1S/C21H24ClN7O2/c1-14-18-19(28-10-8-26(2)9-11-28)17(12-23-20(18)27(3)25-14)24-21(31)29(13-30)16-6-4-15(22)5-7-16/h4-7,12-13H,8-11H2,1-3H3,(H,24,31). The number of carbonyl (C=O) groups is 2. The molecule has 1 N–H and O–H groups in total. The van der Waals surface area contributed by atoms with Gasteiger partial charge in [0, 0.05) is 38.2 Å². The van der Waals surface area contributed by atoms with Crippen LogP contribution < -0.4 is 15.1 Å². The van der Waals surface area contributed by atoms with Gasteiger partial charge in [-0.1, -0.05) is 11.6 Å². The number of carbonyl (C=O) groups excluding carboxylic acids is 2. The van der Waals surface area contributed by atoms with E-state index >= 15 is 0 Å². The molecule has 1 aliphatic rings. The predicted octanol–water partition coefficient (Wildman–Crippen LogP) is 2.88. The quantitative estimate of drug-likeness (QED) is 0.626. The number of fused-ring (bicyclic) bond motifs is 1. The molecule has 0 saturated carbocycles. The number of nitrogens with zero attached hydrogens (tertiary/aromatic N) is 6. The molecule has 162 valence electrons. The molecule has 3 amide bonds. The zero-order valence-corrected chi connectivity index (χ0v) is 18.4. The number of amides is 3. The molecule has 2 aromatic heterocycles. The Kier molecular flexibility index (Phi) is 5.79. The number of imide groups is 1. The van der Waals surface area contributed by atoms with E-state index in [9.17, 15) is 9.59 Å². The molecule has 1 saturated heterocycles. The van der Waals surface area contributed by atoms with E-state index in [-0.39, 0.29) is 0 Å². The third-order valence-electron chi connectivity index (χ3n) is 5.49. The molecule has 1 aliphatic heterocycles. The Hall–Kier alpha value is -3.17. The third-order valence-corrected chi connectivity index (χ3v) is 5.74. The number of hydrogen-bond acceptors (Lipinski definition) is 6.